The van der Waals surface area contributed by atoms with E-state index in [4.69, 9.17) is 20.9 Å². The van der Waals surface area contributed by atoms with Crippen molar-refractivity contribution in [2.24, 2.45) is 0 Å². The standard InChI is InChI=1S/C21H22ClN3O2/c22-18-8-6-17(7-9-18)20-16-21(27-23-20)25(19-4-2-1-3-5-19)11-10-24-12-14-26-15-13-24/h1-9,16H,10-15H2. The van der Waals surface area contributed by atoms with E-state index < -0.39 is 0 Å². The molecule has 27 heavy (non-hydrogen) atoms. The monoisotopic (exact) mass is 383 g/mol. The van der Waals surface area contributed by atoms with Crippen molar-refractivity contribution in [1.29, 1.82) is 0 Å². The van der Waals surface area contributed by atoms with Crippen LogP contribution in [0.1, 0.15) is 0 Å². The number of para-hydroxylation sites is 1. The molecule has 1 aliphatic rings. The summed E-state index contributed by atoms with van der Waals surface area (Å²) in [5, 5.41) is 4.97. The molecule has 0 bridgehead atoms. The van der Waals surface area contributed by atoms with Crippen LogP contribution in [-0.4, -0.2) is 49.4 Å². The van der Waals surface area contributed by atoms with E-state index in [1.165, 1.54) is 0 Å². The average Bonchev–Trinajstić information content (AvgIpc) is 3.20. The molecule has 5 nitrogen and oxygen atoms in total. The van der Waals surface area contributed by atoms with Crippen molar-refractivity contribution in [1.82, 2.24) is 10.1 Å². The van der Waals surface area contributed by atoms with Gasteiger partial charge in [0.2, 0.25) is 5.88 Å². The molecule has 140 valence electrons. The second-order valence-corrected chi connectivity index (χ2v) is 6.93. The van der Waals surface area contributed by atoms with Crippen LogP contribution in [0.25, 0.3) is 11.3 Å². The van der Waals surface area contributed by atoms with E-state index in [1.54, 1.807) is 0 Å². The van der Waals surface area contributed by atoms with Gasteiger partial charge in [-0.2, -0.15) is 0 Å². The first-order valence-corrected chi connectivity index (χ1v) is 9.53. The third-order valence-electron chi connectivity index (χ3n) is 4.72. The molecule has 0 amide bonds. The van der Waals surface area contributed by atoms with Crippen molar-refractivity contribution >= 4 is 23.2 Å². The molecule has 1 saturated heterocycles. The highest BCUT2D eigenvalue weighted by Gasteiger charge is 2.18. The molecule has 6 heteroatoms. The van der Waals surface area contributed by atoms with Crippen molar-refractivity contribution in [3.05, 3.63) is 65.7 Å². The number of aromatic nitrogens is 1. The van der Waals surface area contributed by atoms with Gasteiger partial charge in [-0.3, -0.25) is 4.90 Å². The third-order valence-corrected chi connectivity index (χ3v) is 4.97. The van der Waals surface area contributed by atoms with E-state index in [0.29, 0.717) is 5.02 Å². The second-order valence-electron chi connectivity index (χ2n) is 6.50. The zero-order valence-electron chi connectivity index (χ0n) is 15.1. The molecule has 0 N–H and O–H groups in total. The Labute approximate surface area is 164 Å². The van der Waals surface area contributed by atoms with Gasteiger partial charge < -0.3 is 14.2 Å². The summed E-state index contributed by atoms with van der Waals surface area (Å²) in [5.41, 5.74) is 2.87. The zero-order valence-corrected chi connectivity index (χ0v) is 15.8. The van der Waals surface area contributed by atoms with Crippen molar-refractivity contribution in [2.45, 2.75) is 0 Å². The van der Waals surface area contributed by atoms with Crippen molar-refractivity contribution in [3.63, 3.8) is 0 Å². The summed E-state index contributed by atoms with van der Waals surface area (Å²) in [7, 11) is 0. The Morgan fingerprint density at radius 2 is 1.74 bits per heavy atom. The fourth-order valence-corrected chi connectivity index (χ4v) is 3.32. The van der Waals surface area contributed by atoms with Crippen LogP contribution in [-0.2, 0) is 4.74 Å². The van der Waals surface area contributed by atoms with Gasteiger partial charge >= 0.3 is 0 Å². The highest BCUT2D eigenvalue weighted by atomic mass is 35.5. The van der Waals surface area contributed by atoms with Crippen LogP contribution in [0.2, 0.25) is 5.02 Å². The van der Waals surface area contributed by atoms with E-state index in [1.807, 2.05) is 48.5 Å². The molecule has 0 aliphatic carbocycles. The van der Waals surface area contributed by atoms with Crippen LogP contribution >= 0.6 is 11.6 Å². The third kappa shape index (κ3) is 4.50. The van der Waals surface area contributed by atoms with Crippen LogP contribution in [0.5, 0.6) is 0 Å². The highest BCUT2D eigenvalue weighted by Crippen LogP contribution is 2.30. The molecular formula is C21H22ClN3O2. The fourth-order valence-electron chi connectivity index (χ4n) is 3.19. The maximum atomic E-state index is 5.98. The molecule has 2 aromatic carbocycles. The first-order chi connectivity index (χ1) is 13.3. The quantitative estimate of drug-likeness (QED) is 0.628. The largest absolute Gasteiger partial charge is 0.379 e. The number of halogens is 1. The fraction of sp³-hybridized carbons (Fsp3) is 0.286. The molecule has 0 atom stereocenters. The molecular weight excluding hydrogens is 362 g/mol. The van der Waals surface area contributed by atoms with Crippen molar-refractivity contribution in [2.75, 3.05) is 44.3 Å². The number of ether oxygens (including phenoxy) is 1. The lowest BCUT2D eigenvalue weighted by atomic mass is 10.1. The van der Waals surface area contributed by atoms with Gasteiger partial charge in [-0.05, 0) is 24.3 Å². The van der Waals surface area contributed by atoms with Gasteiger partial charge in [0.15, 0.2) is 0 Å². The number of benzene rings is 2. The van der Waals surface area contributed by atoms with E-state index in [2.05, 4.69) is 27.1 Å². The maximum absolute atomic E-state index is 5.98. The Balaban J connectivity index is 1.55. The highest BCUT2D eigenvalue weighted by molar-refractivity contribution is 6.30. The number of hydrogen-bond donors (Lipinski definition) is 0. The summed E-state index contributed by atoms with van der Waals surface area (Å²) in [6, 6.07) is 19.9. The first kappa shape index (κ1) is 18.0. The molecule has 2 heterocycles. The Kier molecular flexibility index (Phi) is 5.72. The number of hydrogen-bond acceptors (Lipinski definition) is 5. The summed E-state index contributed by atoms with van der Waals surface area (Å²) in [6.07, 6.45) is 0. The van der Waals surface area contributed by atoms with Crippen LogP contribution in [0.4, 0.5) is 11.6 Å². The van der Waals surface area contributed by atoms with Crippen LogP contribution in [0.15, 0.2) is 65.2 Å². The predicted octanol–water partition coefficient (Wildman–Crippen LogP) is 4.47. The lowest BCUT2D eigenvalue weighted by Crippen LogP contribution is -2.40. The molecule has 0 radical (unpaired) electrons. The average molecular weight is 384 g/mol. The van der Waals surface area contributed by atoms with E-state index in [0.717, 1.165) is 62.2 Å². The minimum atomic E-state index is 0.707. The topological polar surface area (TPSA) is 41.7 Å². The summed E-state index contributed by atoms with van der Waals surface area (Å²) < 4.78 is 11.1. The Hall–Kier alpha value is -2.34. The Morgan fingerprint density at radius 1 is 1.00 bits per heavy atom. The van der Waals surface area contributed by atoms with E-state index in [9.17, 15) is 0 Å². The minimum Gasteiger partial charge on any atom is -0.379 e. The van der Waals surface area contributed by atoms with Crippen LogP contribution in [0.3, 0.4) is 0 Å². The van der Waals surface area contributed by atoms with Gasteiger partial charge in [0.25, 0.3) is 0 Å². The summed E-state index contributed by atoms with van der Waals surface area (Å²) in [4.78, 5) is 4.58. The number of anilines is 2. The Morgan fingerprint density at radius 3 is 2.48 bits per heavy atom. The van der Waals surface area contributed by atoms with Crippen LogP contribution in [0, 0.1) is 0 Å². The van der Waals surface area contributed by atoms with Gasteiger partial charge in [0.1, 0.15) is 5.69 Å². The summed E-state index contributed by atoms with van der Waals surface area (Å²) >= 11 is 5.98. The molecule has 1 fully saturated rings. The molecule has 0 spiro atoms. The maximum Gasteiger partial charge on any atom is 0.232 e. The molecule has 3 aromatic rings. The van der Waals surface area contributed by atoms with Gasteiger partial charge in [-0.15, -0.1) is 0 Å². The van der Waals surface area contributed by atoms with Gasteiger partial charge in [0, 0.05) is 48.5 Å². The first-order valence-electron chi connectivity index (χ1n) is 9.15. The number of morpholine rings is 1. The SMILES string of the molecule is Clc1ccc(-c2cc(N(CCN3CCOCC3)c3ccccc3)on2)cc1. The summed E-state index contributed by atoms with van der Waals surface area (Å²) in [6.45, 7) is 5.29. The minimum absolute atomic E-state index is 0.707. The smallest absolute Gasteiger partial charge is 0.232 e. The van der Waals surface area contributed by atoms with Crippen LogP contribution < -0.4 is 4.90 Å². The molecule has 4 rings (SSSR count). The van der Waals surface area contributed by atoms with Crippen molar-refractivity contribution < 1.29 is 9.26 Å². The van der Waals surface area contributed by atoms with Gasteiger partial charge in [-0.25, -0.2) is 0 Å². The second kappa shape index (κ2) is 8.57. The van der Waals surface area contributed by atoms with E-state index >= 15 is 0 Å². The van der Waals surface area contributed by atoms with Gasteiger partial charge in [-0.1, -0.05) is 47.1 Å². The normalized spacial score (nSPS) is 15.0. The predicted molar refractivity (Wildman–Crippen MR) is 108 cm³/mol. The summed E-state index contributed by atoms with van der Waals surface area (Å²) in [5.74, 6) is 0.736. The van der Waals surface area contributed by atoms with Gasteiger partial charge in [0.05, 0.1) is 13.2 Å². The number of nitrogens with zero attached hydrogens (tertiary/aromatic N) is 3. The lowest BCUT2D eigenvalue weighted by Gasteiger charge is -2.29. The lowest BCUT2D eigenvalue weighted by molar-refractivity contribution is 0.0393. The molecule has 1 aromatic heterocycles. The Bertz CT molecular complexity index is 845. The molecule has 1 aliphatic heterocycles. The van der Waals surface area contributed by atoms with E-state index in [-0.39, 0.29) is 0 Å². The number of rotatable bonds is 6. The van der Waals surface area contributed by atoms with Crippen molar-refractivity contribution in [3.8, 4) is 11.3 Å². The molecule has 0 saturated carbocycles. The zero-order chi connectivity index (χ0) is 18.5. The molecule has 0 unspecified atom stereocenters.